The SMILES string of the molecule is CCOc1cc(/C=C2\SC(=S)N(CC(=O)NCc3ccccc3)C2=O)ccc1O. The first-order valence-corrected chi connectivity index (χ1v) is 10.2. The van der Waals surface area contributed by atoms with Gasteiger partial charge in [-0.3, -0.25) is 14.5 Å². The number of nitrogens with one attached hydrogen (secondary N) is 1. The van der Waals surface area contributed by atoms with E-state index < -0.39 is 0 Å². The summed E-state index contributed by atoms with van der Waals surface area (Å²) in [5, 5.41) is 12.6. The molecule has 0 spiro atoms. The number of thioether (sulfide) groups is 1. The molecule has 2 amide bonds. The molecule has 150 valence electrons. The molecule has 0 aliphatic carbocycles. The Hall–Kier alpha value is -2.84. The van der Waals surface area contributed by atoms with Gasteiger partial charge in [-0.2, -0.15) is 0 Å². The van der Waals surface area contributed by atoms with E-state index in [0.717, 1.165) is 17.3 Å². The fourth-order valence-corrected chi connectivity index (χ4v) is 3.93. The van der Waals surface area contributed by atoms with Crippen molar-refractivity contribution in [1.29, 1.82) is 0 Å². The van der Waals surface area contributed by atoms with Gasteiger partial charge in [-0.15, -0.1) is 0 Å². The van der Waals surface area contributed by atoms with E-state index in [2.05, 4.69) is 5.32 Å². The lowest BCUT2D eigenvalue weighted by atomic mass is 10.2. The standard InChI is InChI=1S/C21H20N2O4S2/c1-2-27-17-10-15(8-9-16(17)24)11-18-20(26)23(21(28)29-18)13-19(25)22-12-14-6-4-3-5-7-14/h3-11,24H,2,12-13H2,1H3,(H,22,25)/b18-11-. The lowest BCUT2D eigenvalue weighted by Crippen LogP contribution is -2.39. The van der Waals surface area contributed by atoms with Crippen molar-refractivity contribution in [3.8, 4) is 11.5 Å². The third kappa shape index (κ3) is 5.36. The van der Waals surface area contributed by atoms with E-state index in [1.165, 1.54) is 11.0 Å². The zero-order valence-corrected chi connectivity index (χ0v) is 17.4. The van der Waals surface area contributed by atoms with Crippen molar-refractivity contribution >= 4 is 46.2 Å². The van der Waals surface area contributed by atoms with E-state index in [0.29, 0.717) is 33.7 Å². The number of rotatable bonds is 7. The first-order chi connectivity index (χ1) is 14.0. The fraction of sp³-hybridized carbons (Fsp3) is 0.190. The molecular weight excluding hydrogens is 408 g/mol. The van der Waals surface area contributed by atoms with Crippen LogP contribution in [-0.4, -0.2) is 39.3 Å². The number of phenolic OH excluding ortho intramolecular Hbond substituents is 1. The number of ether oxygens (including phenoxy) is 1. The molecular formula is C21H20N2O4S2. The Bertz CT molecular complexity index is 960. The maximum Gasteiger partial charge on any atom is 0.266 e. The third-order valence-electron chi connectivity index (χ3n) is 4.09. The molecule has 3 rings (SSSR count). The van der Waals surface area contributed by atoms with E-state index in [9.17, 15) is 14.7 Å². The summed E-state index contributed by atoms with van der Waals surface area (Å²) in [5.41, 5.74) is 1.67. The second kappa shape index (κ2) is 9.58. The topological polar surface area (TPSA) is 78.9 Å². The number of nitrogens with zero attached hydrogens (tertiary/aromatic N) is 1. The number of hydrogen-bond acceptors (Lipinski definition) is 6. The smallest absolute Gasteiger partial charge is 0.266 e. The molecule has 8 heteroatoms. The molecule has 0 atom stereocenters. The van der Waals surface area contributed by atoms with Crippen molar-refractivity contribution in [2.24, 2.45) is 0 Å². The van der Waals surface area contributed by atoms with Crippen molar-refractivity contribution in [1.82, 2.24) is 10.2 Å². The average Bonchev–Trinajstić information content (AvgIpc) is 2.97. The van der Waals surface area contributed by atoms with Crippen LogP contribution in [0.1, 0.15) is 18.1 Å². The van der Waals surface area contributed by atoms with Crippen molar-refractivity contribution in [3.05, 3.63) is 64.6 Å². The van der Waals surface area contributed by atoms with Gasteiger partial charge in [-0.25, -0.2) is 0 Å². The van der Waals surface area contributed by atoms with Crippen molar-refractivity contribution < 1.29 is 19.4 Å². The molecule has 0 unspecified atom stereocenters. The van der Waals surface area contributed by atoms with Crippen LogP contribution in [0.5, 0.6) is 11.5 Å². The molecule has 0 aromatic heterocycles. The van der Waals surface area contributed by atoms with Gasteiger partial charge in [-0.05, 0) is 36.3 Å². The van der Waals surface area contributed by atoms with Crippen LogP contribution in [0.3, 0.4) is 0 Å². The van der Waals surface area contributed by atoms with Crippen LogP contribution >= 0.6 is 24.0 Å². The van der Waals surface area contributed by atoms with E-state index >= 15 is 0 Å². The van der Waals surface area contributed by atoms with Gasteiger partial charge in [0.2, 0.25) is 5.91 Å². The van der Waals surface area contributed by atoms with Crippen LogP contribution in [0.25, 0.3) is 6.08 Å². The second-order valence-corrected chi connectivity index (χ2v) is 7.87. The highest BCUT2D eigenvalue weighted by atomic mass is 32.2. The van der Waals surface area contributed by atoms with Crippen molar-refractivity contribution in [2.45, 2.75) is 13.5 Å². The van der Waals surface area contributed by atoms with E-state index in [4.69, 9.17) is 17.0 Å². The number of hydrogen-bond donors (Lipinski definition) is 2. The van der Waals surface area contributed by atoms with Gasteiger partial charge in [0.05, 0.1) is 11.5 Å². The Morgan fingerprint density at radius 3 is 2.76 bits per heavy atom. The van der Waals surface area contributed by atoms with Gasteiger partial charge in [0.25, 0.3) is 5.91 Å². The highest BCUT2D eigenvalue weighted by Crippen LogP contribution is 2.34. The molecule has 1 heterocycles. The van der Waals surface area contributed by atoms with Crippen LogP contribution < -0.4 is 10.1 Å². The van der Waals surface area contributed by atoms with Gasteiger partial charge in [0, 0.05) is 6.54 Å². The molecule has 6 nitrogen and oxygen atoms in total. The Balaban J connectivity index is 1.65. The molecule has 1 fully saturated rings. The first kappa shape index (κ1) is 20.9. The molecule has 0 bridgehead atoms. The van der Waals surface area contributed by atoms with Crippen LogP contribution in [0.15, 0.2) is 53.4 Å². The summed E-state index contributed by atoms with van der Waals surface area (Å²) in [6, 6.07) is 14.4. The number of amides is 2. The summed E-state index contributed by atoms with van der Waals surface area (Å²) in [5.74, 6) is -0.223. The number of carbonyl (C=O) groups is 2. The fourth-order valence-electron chi connectivity index (χ4n) is 2.68. The molecule has 1 saturated heterocycles. The van der Waals surface area contributed by atoms with Gasteiger partial charge in [-0.1, -0.05) is 60.4 Å². The molecule has 29 heavy (non-hydrogen) atoms. The van der Waals surface area contributed by atoms with Crippen molar-refractivity contribution in [2.75, 3.05) is 13.2 Å². The van der Waals surface area contributed by atoms with E-state index in [1.807, 2.05) is 37.3 Å². The normalized spacial score (nSPS) is 15.1. The maximum absolute atomic E-state index is 12.7. The quantitative estimate of drug-likeness (QED) is 0.520. The lowest BCUT2D eigenvalue weighted by Gasteiger charge is -2.14. The molecule has 1 aliphatic heterocycles. The van der Waals surface area contributed by atoms with Crippen LogP contribution in [-0.2, 0) is 16.1 Å². The van der Waals surface area contributed by atoms with Crippen molar-refractivity contribution in [3.63, 3.8) is 0 Å². The molecule has 2 aromatic rings. The highest BCUT2D eigenvalue weighted by Gasteiger charge is 2.33. The van der Waals surface area contributed by atoms with Gasteiger partial charge in [0.15, 0.2) is 11.5 Å². The Morgan fingerprint density at radius 1 is 1.28 bits per heavy atom. The minimum absolute atomic E-state index is 0.0339. The third-order valence-corrected chi connectivity index (χ3v) is 5.47. The van der Waals surface area contributed by atoms with E-state index in [1.54, 1.807) is 18.2 Å². The zero-order valence-electron chi connectivity index (χ0n) is 15.8. The maximum atomic E-state index is 12.7. The molecule has 2 aromatic carbocycles. The van der Waals surface area contributed by atoms with Crippen LogP contribution in [0, 0.1) is 0 Å². The van der Waals surface area contributed by atoms with Gasteiger partial charge in [0.1, 0.15) is 10.9 Å². The van der Waals surface area contributed by atoms with Gasteiger partial charge >= 0.3 is 0 Å². The number of aromatic hydroxyl groups is 1. The molecule has 0 radical (unpaired) electrons. The van der Waals surface area contributed by atoms with Crippen LogP contribution in [0.4, 0.5) is 0 Å². The zero-order chi connectivity index (χ0) is 20.8. The highest BCUT2D eigenvalue weighted by molar-refractivity contribution is 8.26. The summed E-state index contributed by atoms with van der Waals surface area (Å²) in [6.07, 6.45) is 1.67. The Morgan fingerprint density at radius 2 is 2.03 bits per heavy atom. The number of thiocarbonyl (C=S) groups is 1. The molecule has 0 saturated carbocycles. The summed E-state index contributed by atoms with van der Waals surface area (Å²) >= 11 is 6.42. The minimum Gasteiger partial charge on any atom is -0.504 e. The number of phenols is 1. The first-order valence-electron chi connectivity index (χ1n) is 8.99. The largest absolute Gasteiger partial charge is 0.504 e. The van der Waals surface area contributed by atoms with Gasteiger partial charge < -0.3 is 15.2 Å². The van der Waals surface area contributed by atoms with Crippen LogP contribution in [0.2, 0.25) is 0 Å². The Kier molecular flexibility index (Phi) is 6.90. The Labute approximate surface area is 178 Å². The molecule has 2 N–H and O–H groups in total. The minimum atomic E-state index is -0.319. The monoisotopic (exact) mass is 428 g/mol. The second-order valence-electron chi connectivity index (χ2n) is 6.19. The predicted octanol–water partition coefficient (Wildman–Crippen LogP) is 3.31. The number of benzene rings is 2. The number of carbonyl (C=O) groups excluding carboxylic acids is 2. The summed E-state index contributed by atoms with van der Waals surface area (Å²) in [7, 11) is 0. The summed E-state index contributed by atoms with van der Waals surface area (Å²) in [4.78, 5) is 26.6. The summed E-state index contributed by atoms with van der Waals surface area (Å²) < 4.78 is 5.70. The van der Waals surface area contributed by atoms with E-state index in [-0.39, 0.29) is 24.1 Å². The predicted molar refractivity (Wildman–Crippen MR) is 117 cm³/mol. The molecule has 1 aliphatic rings. The summed E-state index contributed by atoms with van der Waals surface area (Å²) in [6.45, 7) is 2.49. The average molecular weight is 429 g/mol. The lowest BCUT2D eigenvalue weighted by molar-refractivity contribution is -0.128.